The van der Waals surface area contributed by atoms with Crippen molar-refractivity contribution < 1.29 is 9.53 Å². The molecule has 0 saturated heterocycles. The van der Waals surface area contributed by atoms with E-state index in [9.17, 15) is 4.79 Å². The lowest BCUT2D eigenvalue weighted by Crippen LogP contribution is -2.11. The van der Waals surface area contributed by atoms with Crippen LogP contribution in [0.1, 0.15) is 73.6 Å². The zero-order valence-corrected chi connectivity index (χ0v) is 15.0. The summed E-state index contributed by atoms with van der Waals surface area (Å²) < 4.78 is 4.90. The van der Waals surface area contributed by atoms with Crippen LogP contribution in [0.4, 0.5) is 0 Å². The van der Waals surface area contributed by atoms with Crippen LogP contribution in [0.25, 0.3) is 0 Å². The van der Waals surface area contributed by atoms with E-state index in [2.05, 4.69) is 34.6 Å². The second-order valence-electron chi connectivity index (χ2n) is 6.71. The quantitative estimate of drug-likeness (QED) is 0.365. The second-order valence-corrected chi connectivity index (χ2v) is 6.71. The van der Waals surface area contributed by atoms with Crippen LogP contribution < -0.4 is 0 Å². The molecule has 0 aliphatic carbocycles. The molecule has 0 aromatic rings. The summed E-state index contributed by atoms with van der Waals surface area (Å²) in [6.07, 6.45) is 9.90. The minimum atomic E-state index is -0.223. The average Bonchev–Trinajstić information content (AvgIpc) is 2.47. The maximum atomic E-state index is 11.3. The summed E-state index contributed by atoms with van der Waals surface area (Å²) >= 11 is 0. The molecule has 2 heteroatoms. The third-order valence-corrected chi connectivity index (χ3v) is 4.71. The highest BCUT2D eigenvalue weighted by Gasteiger charge is 2.14. The Labute approximate surface area is 132 Å². The highest BCUT2D eigenvalue weighted by atomic mass is 16.5. The first-order valence-corrected chi connectivity index (χ1v) is 8.75. The fourth-order valence-electron chi connectivity index (χ4n) is 2.38. The number of allylic oxidation sites excluding steroid dienone is 1. The molecule has 124 valence electrons. The average molecular weight is 296 g/mol. The molecule has 0 N–H and O–H groups in total. The standard InChI is InChI=1S/C19H36O2/c1-7-15(3)9-12-17(5)18(6)13-10-16(4)11-14-19(20)21-8-2/h11,14-18H,7-10,12-13H2,1-6H3/b14-11+. The van der Waals surface area contributed by atoms with Gasteiger partial charge in [0.25, 0.3) is 0 Å². The van der Waals surface area contributed by atoms with E-state index in [1.54, 1.807) is 6.08 Å². The Morgan fingerprint density at radius 1 is 0.952 bits per heavy atom. The van der Waals surface area contributed by atoms with E-state index >= 15 is 0 Å². The monoisotopic (exact) mass is 296 g/mol. The van der Waals surface area contributed by atoms with Gasteiger partial charge in [-0.15, -0.1) is 0 Å². The number of esters is 1. The van der Waals surface area contributed by atoms with Gasteiger partial charge in [0.05, 0.1) is 6.61 Å². The number of carbonyl (C=O) groups excluding carboxylic acids is 1. The third-order valence-electron chi connectivity index (χ3n) is 4.71. The number of hydrogen-bond acceptors (Lipinski definition) is 2. The summed E-state index contributed by atoms with van der Waals surface area (Å²) in [5.41, 5.74) is 0. The van der Waals surface area contributed by atoms with E-state index < -0.39 is 0 Å². The van der Waals surface area contributed by atoms with Crippen LogP contribution >= 0.6 is 0 Å². The van der Waals surface area contributed by atoms with Crippen molar-refractivity contribution in [1.29, 1.82) is 0 Å². The summed E-state index contributed by atoms with van der Waals surface area (Å²) in [5.74, 6) is 2.62. The Kier molecular flexibility index (Phi) is 11.4. The number of carbonyl (C=O) groups is 1. The smallest absolute Gasteiger partial charge is 0.330 e. The molecular formula is C19H36O2. The van der Waals surface area contributed by atoms with Crippen molar-refractivity contribution in [3.63, 3.8) is 0 Å². The first-order chi connectivity index (χ1) is 9.90. The number of rotatable bonds is 11. The first-order valence-electron chi connectivity index (χ1n) is 8.75. The van der Waals surface area contributed by atoms with E-state index in [4.69, 9.17) is 4.74 Å². The Hall–Kier alpha value is -0.790. The molecule has 0 aliphatic heterocycles. The molecule has 0 aromatic heterocycles. The molecule has 0 aliphatic rings. The van der Waals surface area contributed by atoms with Gasteiger partial charge in [0, 0.05) is 6.08 Å². The fourth-order valence-corrected chi connectivity index (χ4v) is 2.38. The number of hydrogen-bond donors (Lipinski definition) is 0. The van der Waals surface area contributed by atoms with E-state index in [1.165, 1.54) is 25.7 Å². The van der Waals surface area contributed by atoms with Crippen molar-refractivity contribution in [2.45, 2.75) is 73.6 Å². The summed E-state index contributed by atoms with van der Waals surface area (Å²) in [6.45, 7) is 13.8. The Morgan fingerprint density at radius 3 is 2.05 bits per heavy atom. The predicted molar refractivity (Wildman–Crippen MR) is 91.2 cm³/mol. The van der Waals surface area contributed by atoms with Gasteiger partial charge >= 0.3 is 5.97 Å². The summed E-state index contributed by atoms with van der Waals surface area (Å²) in [6, 6.07) is 0. The second kappa shape index (κ2) is 11.8. The lowest BCUT2D eigenvalue weighted by atomic mass is 9.84. The van der Waals surface area contributed by atoms with Crippen molar-refractivity contribution in [2.24, 2.45) is 23.7 Å². The SMILES string of the molecule is CCOC(=O)/C=C/C(C)CCC(C)C(C)CCC(C)CC. The molecule has 0 aromatic carbocycles. The molecule has 0 radical (unpaired) electrons. The summed E-state index contributed by atoms with van der Waals surface area (Å²) in [5, 5.41) is 0. The van der Waals surface area contributed by atoms with Crippen molar-refractivity contribution in [3.8, 4) is 0 Å². The molecule has 0 amide bonds. The highest BCUT2D eigenvalue weighted by molar-refractivity contribution is 5.81. The van der Waals surface area contributed by atoms with Crippen LogP contribution in [0.3, 0.4) is 0 Å². The molecule has 2 nitrogen and oxygen atoms in total. The van der Waals surface area contributed by atoms with Crippen LogP contribution in [-0.4, -0.2) is 12.6 Å². The largest absolute Gasteiger partial charge is 0.463 e. The zero-order valence-electron chi connectivity index (χ0n) is 15.0. The molecule has 21 heavy (non-hydrogen) atoms. The van der Waals surface area contributed by atoms with Gasteiger partial charge in [0.2, 0.25) is 0 Å². The lowest BCUT2D eigenvalue weighted by molar-refractivity contribution is -0.137. The Bertz CT molecular complexity index is 296. The zero-order chi connectivity index (χ0) is 16.3. The summed E-state index contributed by atoms with van der Waals surface area (Å²) in [7, 11) is 0. The van der Waals surface area contributed by atoms with Gasteiger partial charge in [-0.3, -0.25) is 0 Å². The van der Waals surface area contributed by atoms with Crippen LogP contribution in [0.5, 0.6) is 0 Å². The highest BCUT2D eigenvalue weighted by Crippen LogP contribution is 2.25. The maximum absolute atomic E-state index is 11.3. The van der Waals surface area contributed by atoms with Gasteiger partial charge in [0.15, 0.2) is 0 Å². The van der Waals surface area contributed by atoms with Gasteiger partial charge in [-0.2, -0.15) is 0 Å². The molecule has 0 bridgehead atoms. The van der Waals surface area contributed by atoms with Crippen molar-refractivity contribution in [3.05, 3.63) is 12.2 Å². The Morgan fingerprint density at radius 2 is 1.52 bits per heavy atom. The fraction of sp³-hybridized carbons (Fsp3) is 0.842. The molecule has 0 heterocycles. The molecular weight excluding hydrogens is 260 g/mol. The van der Waals surface area contributed by atoms with E-state index in [0.717, 1.165) is 24.2 Å². The summed E-state index contributed by atoms with van der Waals surface area (Å²) in [4.78, 5) is 11.3. The van der Waals surface area contributed by atoms with Gasteiger partial charge < -0.3 is 4.74 Å². The van der Waals surface area contributed by atoms with E-state index in [0.29, 0.717) is 12.5 Å². The van der Waals surface area contributed by atoms with E-state index in [-0.39, 0.29) is 5.97 Å². The molecule has 0 rings (SSSR count). The molecule has 0 spiro atoms. The molecule has 0 fully saturated rings. The normalized spacial score (nSPS) is 17.4. The van der Waals surface area contributed by atoms with Crippen LogP contribution in [-0.2, 0) is 9.53 Å². The van der Waals surface area contributed by atoms with Crippen molar-refractivity contribution in [2.75, 3.05) is 6.61 Å². The maximum Gasteiger partial charge on any atom is 0.330 e. The molecule has 4 atom stereocenters. The predicted octanol–water partition coefficient (Wildman–Crippen LogP) is 5.62. The van der Waals surface area contributed by atoms with Gasteiger partial charge in [-0.25, -0.2) is 4.79 Å². The van der Waals surface area contributed by atoms with Crippen LogP contribution in [0.15, 0.2) is 12.2 Å². The number of ether oxygens (including phenoxy) is 1. The van der Waals surface area contributed by atoms with Crippen molar-refractivity contribution >= 4 is 5.97 Å². The first kappa shape index (κ1) is 20.2. The Balaban J connectivity index is 3.94. The van der Waals surface area contributed by atoms with Crippen LogP contribution in [0, 0.1) is 23.7 Å². The van der Waals surface area contributed by atoms with Gasteiger partial charge in [-0.1, -0.05) is 60.0 Å². The van der Waals surface area contributed by atoms with Gasteiger partial charge in [-0.05, 0) is 43.4 Å². The minimum Gasteiger partial charge on any atom is -0.463 e. The van der Waals surface area contributed by atoms with E-state index in [1.807, 2.05) is 13.0 Å². The topological polar surface area (TPSA) is 26.3 Å². The van der Waals surface area contributed by atoms with Crippen LogP contribution in [0.2, 0.25) is 0 Å². The van der Waals surface area contributed by atoms with Gasteiger partial charge in [0.1, 0.15) is 0 Å². The lowest BCUT2D eigenvalue weighted by Gasteiger charge is -2.22. The third kappa shape index (κ3) is 10.6. The molecule has 0 saturated carbocycles. The minimum absolute atomic E-state index is 0.223. The molecule has 4 unspecified atom stereocenters. The van der Waals surface area contributed by atoms with Crippen molar-refractivity contribution in [1.82, 2.24) is 0 Å².